The SMILES string of the molecule is Cc1nc(C(C)C)sc1C(=O)NCc1ccc(-c2ccn[nH]2)cc1. The van der Waals surface area contributed by atoms with Crippen LogP contribution in [0.4, 0.5) is 0 Å². The second-order valence-electron chi connectivity index (χ2n) is 5.97. The van der Waals surface area contributed by atoms with Gasteiger partial charge in [0.25, 0.3) is 5.91 Å². The number of benzene rings is 1. The van der Waals surface area contributed by atoms with Gasteiger partial charge in [-0.25, -0.2) is 4.98 Å². The molecule has 0 radical (unpaired) electrons. The highest BCUT2D eigenvalue weighted by Gasteiger charge is 2.16. The molecule has 3 rings (SSSR count). The number of hydrogen-bond acceptors (Lipinski definition) is 4. The van der Waals surface area contributed by atoms with Gasteiger partial charge in [-0.1, -0.05) is 38.1 Å². The summed E-state index contributed by atoms with van der Waals surface area (Å²) in [5, 5.41) is 10.9. The van der Waals surface area contributed by atoms with Gasteiger partial charge >= 0.3 is 0 Å². The number of carbonyl (C=O) groups excluding carboxylic acids is 1. The third-order valence-corrected chi connectivity index (χ3v) is 5.19. The summed E-state index contributed by atoms with van der Waals surface area (Å²) in [6.45, 7) is 6.55. The summed E-state index contributed by atoms with van der Waals surface area (Å²) in [6.07, 6.45) is 1.73. The van der Waals surface area contributed by atoms with Crippen LogP contribution in [0.2, 0.25) is 0 Å². The summed E-state index contributed by atoms with van der Waals surface area (Å²) in [4.78, 5) is 17.6. The number of thiazole rings is 1. The molecule has 1 aromatic carbocycles. The summed E-state index contributed by atoms with van der Waals surface area (Å²) in [6, 6.07) is 9.98. The summed E-state index contributed by atoms with van der Waals surface area (Å²) in [5.41, 5.74) is 3.91. The summed E-state index contributed by atoms with van der Waals surface area (Å²) < 4.78 is 0. The van der Waals surface area contributed by atoms with Crippen molar-refractivity contribution in [2.45, 2.75) is 33.2 Å². The predicted octanol–water partition coefficient (Wildman–Crippen LogP) is 3.90. The lowest BCUT2D eigenvalue weighted by Gasteiger charge is -2.05. The number of H-pyrrole nitrogens is 1. The molecule has 0 spiro atoms. The second-order valence-corrected chi connectivity index (χ2v) is 7.00. The first-order chi connectivity index (χ1) is 11.5. The van der Waals surface area contributed by atoms with Gasteiger partial charge in [0.05, 0.1) is 16.4 Å². The molecule has 3 aromatic rings. The van der Waals surface area contributed by atoms with Crippen LogP contribution in [0.15, 0.2) is 36.5 Å². The molecule has 0 bridgehead atoms. The first kappa shape index (κ1) is 16.4. The van der Waals surface area contributed by atoms with Crippen molar-refractivity contribution in [2.24, 2.45) is 0 Å². The van der Waals surface area contributed by atoms with Gasteiger partial charge in [0.15, 0.2) is 0 Å². The smallest absolute Gasteiger partial charge is 0.263 e. The first-order valence-corrected chi connectivity index (χ1v) is 8.70. The molecule has 124 valence electrons. The van der Waals surface area contributed by atoms with Crippen molar-refractivity contribution >= 4 is 17.2 Å². The van der Waals surface area contributed by atoms with Crippen molar-refractivity contribution in [1.29, 1.82) is 0 Å². The van der Waals surface area contributed by atoms with Gasteiger partial charge < -0.3 is 5.32 Å². The number of amides is 1. The average Bonchev–Trinajstić information content (AvgIpc) is 3.23. The molecule has 0 aliphatic heterocycles. The Kier molecular flexibility index (Phi) is 4.76. The van der Waals surface area contributed by atoms with E-state index in [2.05, 4.69) is 34.3 Å². The van der Waals surface area contributed by atoms with Crippen molar-refractivity contribution < 1.29 is 4.79 Å². The van der Waals surface area contributed by atoms with E-state index in [1.165, 1.54) is 11.3 Å². The molecular formula is C18H20N4OS. The van der Waals surface area contributed by atoms with Crippen LogP contribution in [0.3, 0.4) is 0 Å². The number of rotatable bonds is 5. The largest absolute Gasteiger partial charge is 0.347 e. The number of nitrogens with one attached hydrogen (secondary N) is 2. The summed E-state index contributed by atoms with van der Waals surface area (Å²) in [7, 11) is 0. The first-order valence-electron chi connectivity index (χ1n) is 7.89. The Labute approximate surface area is 145 Å². The van der Waals surface area contributed by atoms with Gasteiger partial charge in [-0.05, 0) is 24.1 Å². The molecule has 0 saturated heterocycles. The van der Waals surface area contributed by atoms with E-state index >= 15 is 0 Å². The van der Waals surface area contributed by atoms with Gasteiger partial charge in [-0.3, -0.25) is 9.89 Å². The Bertz CT molecular complexity index is 819. The highest BCUT2D eigenvalue weighted by atomic mass is 32.1. The van der Waals surface area contributed by atoms with Crippen LogP contribution in [0.25, 0.3) is 11.3 Å². The molecule has 6 heteroatoms. The van der Waals surface area contributed by atoms with Gasteiger partial charge in [0.1, 0.15) is 4.88 Å². The van der Waals surface area contributed by atoms with E-state index in [1.54, 1.807) is 6.20 Å². The Balaban J connectivity index is 1.64. The van der Waals surface area contributed by atoms with Crippen LogP contribution in [-0.2, 0) is 6.54 Å². The predicted molar refractivity (Wildman–Crippen MR) is 96.1 cm³/mol. The van der Waals surface area contributed by atoms with Gasteiger partial charge in [-0.2, -0.15) is 5.10 Å². The van der Waals surface area contributed by atoms with Gasteiger partial charge in [0, 0.05) is 18.7 Å². The number of nitrogens with zero attached hydrogens (tertiary/aromatic N) is 2. The Morgan fingerprint density at radius 1 is 1.25 bits per heavy atom. The van der Waals surface area contributed by atoms with Crippen LogP contribution < -0.4 is 5.32 Å². The maximum atomic E-state index is 12.4. The highest BCUT2D eigenvalue weighted by Crippen LogP contribution is 2.24. The minimum Gasteiger partial charge on any atom is -0.347 e. The van der Waals surface area contributed by atoms with Crippen LogP contribution in [0.1, 0.15) is 45.7 Å². The molecule has 24 heavy (non-hydrogen) atoms. The Morgan fingerprint density at radius 3 is 2.58 bits per heavy atom. The maximum absolute atomic E-state index is 12.4. The molecule has 0 aliphatic rings. The number of aromatic nitrogens is 3. The lowest BCUT2D eigenvalue weighted by atomic mass is 10.1. The van der Waals surface area contributed by atoms with E-state index in [4.69, 9.17) is 0 Å². The summed E-state index contributed by atoms with van der Waals surface area (Å²) in [5.74, 6) is 0.278. The average molecular weight is 340 g/mol. The Hall–Kier alpha value is -2.47. The van der Waals surface area contributed by atoms with E-state index in [0.29, 0.717) is 17.3 Å². The van der Waals surface area contributed by atoms with Crippen LogP contribution in [0.5, 0.6) is 0 Å². The third-order valence-electron chi connectivity index (χ3n) is 3.73. The number of carbonyl (C=O) groups is 1. The van der Waals surface area contributed by atoms with E-state index in [0.717, 1.165) is 27.5 Å². The molecule has 0 atom stereocenters. The van der Waals surface area contributed by atoms with Crippen LogP contribution >= 0.6 is 11.3 Å². The number of hydrogen-bond donors (Lipinski definition) is 2. The standard InChI is InChI=1S/C18H20N4OS/c1-11(2)18-21-12(3)16(24-18)17(23)19-10-13-4-6-14(7-5-13)15-8-9-20-22-15/h4-9,11H,10H2,1-3H3,(H,19,23)(H,20,22). The quantitative estimate of drug-likeness (QED) is 0.740. The molecule has 0 saturated carbocycles. The van der Waals surface area contributed by atoms with Crippen molar-refractivity contribution in [3.63, 3.8) is 0 Å². The van der Waals surface area contributed by atoms with Gasteiger partial charge in [0.2, 0.25) is 0 Å². The van der Waals surface area contributed by atoms with Crippen LogP contribution in [-0.4, -0.2) is 21.1 Å². The molecule has 2 aromatic heterocycles. The normalized spacial score (nSPS) is 11.0. The lowest BCUT2D eigenvalue weighted by Crippen LogP contribution is -2.22. The third kappa shape index (κ3) is 3.54. The van der Waals surface area contributed by atoms with Crippen molar-refractivity contribution in [3.05, 3.63) is 57.7 Å². The molecule has 0 fully saturated rings. The monoisotopic (exact) mass is 340 g/mol. The van der Waals surface area contributed by atoms with E-state index in [-0.39, 0.29) is 5.91 Å². The van der Waals surface area contributed by atoms with E-state index in [9.17, 15) is 4.79 Å². The number of aromatic amines is 1. The molecule has 5 nitrogen and oxygen atoms in total. The molecule has 2 heterocycles. The molecule has 0 aliphatic carbocycles. The zero-order valence-electron chi connectivity index (χ0n) is 14.0. The van der Waals surface area contributed by atoms with Crippen molar-refractivity contribution in [2.75, 3.05) is 0 Å². The molecular weight excluding hydrogens is 320 g/mol. The minimum absolute atomic E-state index is 0.0606. The molecule has 1 amide bonds. The fraction of sp³-hybridized carbons (Fsp3) is 0.278. The van der Waals surface area contributed by atoms with E-state index < -0.39 is 0 Å². The Morgan fingerprint density at radius 2 is 2.00 bits per heavy atom. The highest BCUT2D eigenvalue weighted by molar-refractivity contribution is 7.13. The summed E-state index contributed by atoms with van der Waals surface area (Å²) >= 11 is 1.48. The fourth-order valence-corrected chi connectivity index (χ4v) is 3.34. The molecule has 0 unspecified atom stereocenters. The van der Waals surface area contributed by atoms with Crippen molar-refractivity contribution in [1.82, 2.24) is 20.5 Å². The van der Waals surface area contributed by atoms with Crippen LogP contribution in [0, 0.1) is 6.92 Å². The maximum Gasteiger partial charge on any atom is 0.263 e. The van der Waals surface area contributed by atoms with Crippen molar-refractivity contribution in [3.8, 4) is 11.3 Å². The fourth-order valence-electron chi connectivity index (χ4n) is 2.36. The zero-order valence-corrected chi connectivity index (χ0v) is 14.8. The molecule has 2 N–H and O–H groups in total. The van der Waals surface area contributed by atoms with E-state index in [1.807, 2.05) is 37.3 Å². The lowest BCUT2D eigenvalue weighted by molar-refractivity contribution is 0.0954. The zero-order chi connectivity index (χ0) is 17.1. The van der Waals surface area contributed by atoms with Gasteiger partial charge in [-0.15, -0.1) is 11.3 Å². The number of aryl methyl sites for hydroxylation is 1. The minimum atomic E-state index is -0.0606. The topological polar surface area (TPSA) is 70.7 Å². The second kappa shape index (κ2) is 6.97.